The highest BCUT2D eigenvalue weighted by Gasteiger charge is 2.37. The lowest BCUT2D eigenvalue weighted by Gasteiger charge is -2.26. The smallest absolute Gasteiger partial charge is 0.335 e. The van der Waals surface area contributed by atoms with E-state index in [0.29, 0.717) is 5.69 Å². The van der Waals surface area contributed by atoms with Gasteiger partial charge in [0.1, 0.15) is 5.57 Å². The number of fused-ring (bicyclic) bond motifs is 1. The van der Waals surface area contributed by atoms with Gasteiger partial charge in [0.15, 0.2) is 0 Å². The van der Waals surface area contributed by atoms with Gasteiger partial charge in [-0.15, -0.1) is 0 Å². The number of hydrogen-bond donors (Lipinski definition) is 1. The summed E-state index contributed by atoms with van der Waals surface area (Å²) >= 11 is 0. The molecule has 3 aromatic rings. The zero-order valence-corrected chi connectivity index (χ0v) is 17.2. The quantitative estimate of drug-likeness (QED) is 0.513. The summed E-state index contributed by atoms with van der Waals surface area (Å²) in [5.41, 5.74) is 3.16. The van der Waals surface area contributed by atoms with Crippen molar-refractivity contribution in [1.82, 2.24) is 9.88 Å². The molecule has 0 saturated carbocycles. The number of nitrogens with one attached hydrogen (secondary N) is 1. The monoisotopic (exact) mass is 401 g/mol. The minimum absolute atomic E-state index is 0.0674. The third-order valence-electron chi connectivity index (χ3n) is 5.53. The minimum atomic E-state index is -0.743. The van der Waals surface area contributed by atoms with Gasteiger partial charge in [-0.1, -0.05) is 42.8 Å². The second-order valence-electron chi connectivity index (χ2n) is 7.56. The van der Waals surface area contributed by atoms with Gasteiger partial charge in [-0.05, 0) is 44.5 Å². The lowest BCUT2D eigenvalue weighted by molar-refractivity contribution is -0.122. The molecular formula is C24H23N3O3. The maximum absolute atomic E-state index is 13.1. The van der Waals surface area contributed by atoms with Crippen molar-refractivity contribution in [3.8, 4) is 0 Å². The number of anilines is 1. The lowest BCUT2D eigenvalue weighted by Crippen LogP contribution is -2.54. The normalized spacial score (nSPS) is 17.0. The van der Waals surface area contributed by atoms with Crippen LogP contribution in [0.25, 0.3) is 17.0 Å². The zero-order chi connectivity index (χ0) is 21.4. The summed E-state index contributed by atoms with van der Waals surface area (Å²) < 4.78 is 2.15. The van der Waals surface area contributed by atoms with E-state index in [1.165, 1.54) is 0 Å². The average molecular weight is 401 g/mol. The molecule has 4 rings (SSSR count). The average Bonchev–Trinajstić information content (AvgIpc) is 3.10. The molecule has 0 bridgehead atoms. The molecule has 1 aromatic heterocycles. The van der Waals surface area contributed by atoms with Gasteiger partial charge in [0.2, 0.25) is 0 Å². The molecular weight excluding hydrogens is 378 g/mol. The Bertz CT molecular complexity index is 1190. The lowest BCUT2D eigenvalue weighted by atomic mass is 10.1. The number of imide groups is 2. The van der Waals surface area contributed by atoms with Crippen molar-refractivity contribution in [3.63, 3.8) is 0 Å². The third-order valence-corrected chi connectivity index (χ3v) is 5.53. The summed E-state index contributed by atoms with van der Waals surface area (Å²) in [5, 5.41) is 3.23. The van der Waals surface area contributed by atoms with Crippen LogP contribution < -0.4 is 10.2 Å². The number of aromatic nitrogens is 1. The van der Waals surface area contributed by atoms with Crippen molar-refractivity contribution >= 4 is 40.5 Å². The number of hydrogen-bond acceptors (Lipinski definition) is 3. The van der Waals surface area contributed by atoms with E-state index >= 15 is 0 Å². The van der Waals surface area contributed by atoms with Crippen LogP contribution in [0.15, 0.2) is 60.3 Å². The number of rotatable bonds is 4. The SMILES string of the molecule is CC[C@@H](C)n1cc(/C=C2\C(=O)NC(=O)N(c3ccc(C)cc3)C2=O)c2ccccc21. The Morgan fingerprint density at radius 2 is 1.73 bits per heavy atom. The molecule has 6 nitrogen and oxygen atoms in total. The molecule has 0 radical (unpaired) electrons. The Morgan fingerprint density at radius 1 is 1.03 bits per heavy atom. The van der Waals surface area contributed by atoms with Crippen LogP contribution in [0.5, 0.6) is 0 Å². The number of urea groups is 1. The summed E-state index contributed by atoms with van der Waals surface area (Å²) in [6.45, 7) is 6.16. The number of aryl methyl sites for hydroxylation is 1. The van der Waals surface area contributed by atoms with Gasteiger partial charge in [-0.25, -0.2) is 9.69 Å². The van der Waals surface area contributed by atoms with Gasteiger partial charge in [-0.2, -0.15) is 0 Å². The van der Waals surface area contributed by atoms with Crippen LogP contribution in [0.4, 0.5) is 10.5 Å². The van der Waals surface area contributed by atoms with Gasteiger partial charge in [0, 0.05) is 28.7 Å². The van der Waals surface area contributed by atoms with Crippen LogP contribution >= 0.6 is 0 Å². The highest BCUT2D eigenvalue weighted by molar-refractivity contribution is 6.39. The first-order valence-electron chi connectivity index (χ1n) is 9.98. The Kier molecular flexibility index (Phi) is 4.99. The van der Waals surface area contributed by atoms with Crippen LogP contribution in [-0.4, -0.2) is 22.4 Å². The first-order chi connectivity index (χ1) is 14.4. The first-order valence-corrected chi connectivity index (χ1v) is 9.98. The Balaban J connectivity index is 1.81. The molecule has 1 aliphatic rings. The number of para-hydroxylation sites is 1. The van der Waals surface area contributed by atoms with E-state index in [-0.39, 0.29) is 11.6 Å². The fourth-order valence-corrected chi connectivity index (χ4v) is 3.65. The molecule has 1 saturated heterocycles. The topological polar surface area (TPSA) is 71.4 Å². The molecule has 0 unspecified atom stereocenters. The fraction of sp³-hybridized carbons (Fsp3) is 0.208. The Morgan fingerprint density at radius 3 is 2.43 bits per heavy atom. The Labute approximate surface area is 174 Å². The molecule has 6 heteroatoms. The number of carbonyl (C=O) groups is 3. The van der Waals surface area contributed by atoms with Crippen molar-refractivity contribution in [2.45, 2.75) is 33.2 Å². The number of amides is 4. The summed E-state index contributed by atoms with van der Waals surface area (Å²) in [6.07, 6.45) is 4.48. The zero-order valence-electron chi connectivity index (χ0n) is 17.2. The van der Waals surface area contributed by atoms with Gasteiger partial charge < -0.3 is 4.57 Å². The standard InChI is InChI=1S/C24H23N3O3/c1-4-16(3)26-14-17(19-7-5-6-8-21(19)26)13-20-22(28)25-24(30)27(23(20)29)18-11-9-15(2)10-12-18/h5-14,16H,4H2,1-3H3,(H,25,28,30)/b20-13+/t16-/m1/s1. The summed E-state index contributed by atoms with van der Waals surface area (Å²) in [7, 11) is 0. The van der Waals surface area contributed by atoms with E-state index in [2.05, 4.69) is 23.7 Å². The molecule has 4 amide bonds. The molecule has 1 N–H and O–H groups in total. The highest BCUT2D eigenvalue weighted by Crippen LogP contribution is 2.29. The molecule has 1 aliphatic heterocycles. The van der Waals surface area contributed by atoms with Gasteiger partial charge in [-0.3, -0.25) is 14.9 Å². The maximum Gasteiger partial charge on any atom is 0.335 e. The molecule has 2 aromatic carbocycles. The van der Waals surface area contributed by atoms with Crippen LogP contribution in [-0.2, 0) is 9.59 Å². The van der Waals surface area contributed by atoms with Crippen LogP contribution in [0.3, 0.4) is 0 Å². The molecule has 0 spiro atoms. The molecule has 1 fully saturated rings. The summed E-state index contributed by atoms with van der Waals surface area (Å²) in [6, 6.07) is 14.4. The largest absolute Gasteiger partial charge is 0.344 e. The number of nitrogens with zero attached hydrogens (tertiary/aromatic N) is 2. The third kappa shape index (κ3) is 3.30. The Hall–Kier alpha value is -3.67. The van der Waals surface area contributed by atoms with Gasteiger partial charge in [0.05, 0.1) is 5.69 Å². The predicted molar refractivity (Wildman–Crippen MR) is 117 cm³/mol. The molecule has 0 aliphatic carbocycles. The maximum atomic E-state index is 13.1. The van der Waals surface area contributed by atoms with Crippen molar-refractivity contribution < 1.29 is 14.4 Å². The van der Waals surface area contributed by atoms with Gasteiger partial charge in [0.25, 0.3) is 11.8 Å². The van der Waals surface area contributed by atoms with E-state index in [1.807, 2.05) is 49.5 Å². The number of barbiturate groups is 1. The van der Waals surface area contributed by atoms with Crippen LogP contribution in [0.1, 0.15) is 37.4 Å². The predicted octanol–water partition coefficient (Wildman–Crippen LogP) is 4.59. The first kappa shape index (κ1) is 19.6. The second kappa shape index (κ2) is 7.63. The van der Waals surface area contributed by atoms with Crippen LogP contribution in [0, 0.1) is 6.92 Å². The van der Waals surface area contributed by atoms with E-state index < -0.39 is 17.8 Å². The van der Waals surface area contributed by atoms with Gasteiger partial charge >= 0.3 is 6.03 Å². The molecule has 30 heavy (non-hydrogen) atoms. The van der Waals surface area contributed by atoms with Crippen molar-refractivity contribution in [3.05, 3.63) is 71.4 Å². The highest BCUT2D eigenvalue weighted by atomic mass is 16.2. The fourth-order valence-electron chi connectivity index (χ4n) is 3.65. The van der Waals surface area contributed by atoms with E-state index in [0.717, 1.165) is 33.4 Å². The van der Waals surface area contributed by atoms with Crippen molar-refractivity contribution in [2.24, 2.45) is 0 Å². The minimum Gasteiger partial charge on any atom is -0.344 e. The van der Waals surface area contributed by atoms with Crippen molar-refractivity contribution in [2.75, 3.05) is 4.90 Å². The molecule has 2 heterocycles. The summed E-state index contributed by atoms with van der Waals surface area (Å²) in [5.74, 6) is -1.32. The van der Waals surface area contributed by atoms with E-state index in [9.17, 15) is 14.4 Å². The van der Waals surface area contributed by atoms with Crippen molar-refractivity contribution in [1.29, 1.82) is 0 Å². The van der Waals surface area contributed by atoms with E-state index in [1.54, 1.807) is 18.2 Å². The molecule has 152 valence electrons. The van der Waals surface area contributed by atoms with Crippen LogP contribution in [0.2, 0.25) is 0 Å². The van der Waals surface area contributed by atoms with E-state index in [4.69, 9.17) is 0 Å². The second-order valence-corrected chi connectivity index (χ2v) is 7.56. The number of carbonyl (C=O) groups excluding carboxylic acids is 3. The summed E-state index contributed by atoms with van der Waals surface area (Å²) in [4.78, 5) is 39.1. The molecule has 1 atom stereocenters. The number of benzene rings is 2.